The number of carbonyl (C=O) groups excluding carboxylic acids is 1. The number of thiophene rings is 1. The van der Waals surface area contributed by atoms with Crippen LogP contribution in [-0.2, 0) is 21.2 Å². The van der Waals surface area contributed by atoms with Gasteiger partial charge >= 0.3 is 0 Å². The van der Waals surface area contributed by atoms with Crippen LogP contribution in [0.4, 0.5) is 4.39 Å². The van der Waals surface area contributed by atoms with Crippen molar-refractivity contribution >= 4 is 27.3 Å². The van der Waals surface area contributed by atoms with Gasteiger partial charge in [-0.1, -0.05) is 18.2 Å². The topological polar surface area (TPSA) is 66.5 Å². The third-order valence-electron chi connectivity index (χ3n) is 3.69. The lowest BCUT2D eigenvalue weighted by molar-refractivity contribution is -0.121. The van der Waals surface area contributed by atoms with E-state index in [2.05, 4.69) is 5.32 Å². The van der Waals surface area contributed by atoms with Crippen molar-refractivity contribution in [3.05, 3.63) is 53.2 Å². The normalized spacial score (nSPS) is 11.6. The molecule has 0 saturated heterocycles. The summed E-state index contributed by atoms with van der Waals surface area (Å²) in [6.07, 6.45) is 1.33. The standard InChI is InChI=1S/C17H21FN2O3S2/c1-20(25(22,23)17-5-3-13-24-17)12-2-4-16(21)19-11-10-14-6-8-15(18)9-7-14/h3,5-9,13H,2,4,10-12H2,1H3,(H,19,21). The van der Waals surface area contributed by atoms with Crippen LogP contribution in [-0.4, -0.2) is 38.8 Å². The number of sulfonamides is 1. The number of carbonyl (C=O) groups is 1. The number of hydrogen-bond donors (Lipinski definition) is 1. The van der Waals surface area contributed by atoms with Crippen molar-refractivity contribution < 1.29 is 17.6 Å². The molecule has 8 heteroatoms. The van der Waals surface area contributed by atoms with Crippen molar-refractivity contribution in [2.45, 2.75) is 23.5 Å². The summed E-state index contributed by atoms with van der Waals surface area (Å²) in [5.41, 5.74) is 0.948. The second kappa shape index (κ2) is 9.07. The first-order chi connectivity index (χ1) is 11.9. The van der Waals surface area contributed by atoms with Gasteiger partial charge in [-0.2, -0.15) is 0 Å². The number of amides is 1. The Labute approximate surface area is 151 Å². The highest BCUT2D eigenvalue weighted by Gasteiger charge is 2.21. The molecule has 0 aliphatic carbocycles. The minimum atomic E-state index is -3.46. The number of nitrogens with zero attached hydrogens (tertiary/aromatic N) is 1. The summed E-state index contributed by atoms with van der Waals surface area (Å²) >= 11 is 1.18. The zero-order valence-corrected chi connectivity index (χ0v) is 15.6. The van der Waals surface area contributed by atoms with Gasteiger partial charge in [-0.15, -0.1) is 11.3 Å². The van der Waals surface area contributed by atoms with E-state index in [1.165, 1.54) is 34.8 Å². The van der Waals surface area contributed by atoms with E-state index in [9.17, 15) is 17.6 Å². The lowest BCUT2D eigenvalue weighted by atomic mass is 10.1. The van der Waals surface area contributed by atoms with Crippen LogP contribution in [0.5, 0.6) is 0 Å². The Morgan fingerprint density at radius 2 is 1.96 bits per heavy atom. The van der Waals surface area contributed by atoms with Gasteiger partial charge in [0.2, 0.25) is 5.91 Å². The molecule has 0 radical (unpaired) electrons. The highest BCUT2D eigenvalue weighted by atomic mass is 32.2. The van der Waals surface area contributed by atoms with Gasteiger partial charge in [-0.25, -0.2) is 17.1 Å². The molecule has 1 N–H and O–H groups in total. The Kier molecular flexibility index (Phi) is 7.10. The maximum Gasteiger partial charge on any atom is 0.252 e. The third kappa shape index (κ3) is 5.91. The first-order valence-corrected chi connectivity index (χ1v) is 10.2. The average molecular weight is 384 g/mol. The van der Waals surface area contributed by atoms with Gasteiger partial charge in [-0.05, 0) is 42.0 Å². The van der Waals surface area contributed by atoms with E-state index in [4.69, 9.17) is 0 Å². The fourth-order valence-electron chi connectivity index (χ4n) is 2.23. The van der Waals surface area contributed by atoms with Crippen molar-refractivity contribution in [3.63, 3.8) is 0 Å². The highest BCUT2D eigenvalue weighted by molar-refractivity contribution is 7.91. The number of rotatable bonds is 9. The molecule has 2 aromatic rings. The van der Waals surface area contributed by atoms with E-state index in [1.807, 2.05) is 0 Å². The number of nitrogens with one attached hydrogen (secondary N) is 1. The maximum atomic E-state index is 12.8. The smallest absolute Gasteiger partial charge is 0.252 e. The summed E-state index contributed by atoms with van der Waals surface area (Å²) in [5, 5.41) is 4.50. The minimum absolute atomic E-state index is 0.121. The van der Waals surface area contributed by atoms with Crippen molar-refractivity contribution in [3.8, 4) is 0 Å². The molecule has 1 aromatic carbocycles. The Morgan fingerprint density at radius 3 is 2.60 bits per heavy atom. The molecule has 136 valence electrons. The Morgan fingerprint density at radius 1 is 1.24 bits per heavy atom. The first kappa shape index (κ1) is 19.6. The summed E-state index contributed by atoms with van der Waals surface area (Å²) < 4.78 is 38.8. The van der Waals surface area contributed by atoms with E-state index in [0.717, 1.165) is 5.56 Å². The van der Waals surface area contributed by atoms with Gasteiger partial charge in [0.25, 0.3) is 10.0 Å². The van der Waals surface area contributed by atoms with Gasteiger partial charge in [0.15, 0.2) is 0 Å². The Balaban J connectivity index is 1.67. The summed E-state index contributed by atoms with van der Waals surface area (Å²) in [5.74, 6) is -0.404. The summed E-state index contributed by atoms with van der Waals surface area (Å²) in [6.45, 7) is 0.749. The van der Waals surface area contributed by atoms with Crippen molar-refractivity contribution in [1.29, 1.82) is 0 Å². The van der Waals surface area contributed by atoms with Crippen LogP contribution in [0.2, 0.25) is 0 Å². The molecule has 0 bridgehead atoms. The lowest BCUT2D eigenvalue weighted by Gasteiger charge is -2.15. The number of halogens is 1. The molecule has 1 aromatic heterocycles. The van der Waals surface area contributed by atoms with Crippen molar-refractivity contribution in [2.24, 2.45) is 0 Å². The average Bonchev–Trinajstić information content (AvgIpc) is 3.12. The molecule has 0 unspecified atom stereocenters. The quantitative estimate of drug-likeness (QED) is 0.723. The molecular formula is C17H21FN2O3S2. The van der Waals surface area contributed by atoms with E-state index in [1.54, 1.807) is 29.6 Å². The van der Waals surface area contributed by atoms with Crippen LogP contribution in [0.25, 0.3) is 0 Å². The molecule has 1 heterocycles. The van der Waals surface area contributed by atoms with E-state index >= 15 is 0 Å². The van der Waals surface area contributed by atoms with Crippen LogP contribution in [0.1, 0.15) is 18.4 Å². The van der Waals surface area contributed by atoms with Crippen molar-refractivity contribution in [2.75, 3.05) is 20.1 Å². The first-order valence-electron chi connectivity index (χ1n) is 7.90. The van der Waals surface area contributed by atoms with E-state index in [0.29, 0.717) is 23.6 Å². The molecule has 0 aliphatic rings. The fraction of sp³-hybridized carbons (Fsp3) is 0.353. The van der Waals surface area contributed by atoms with Gasteiger partial charge < -0.3 is 5.32 Å². The van der Waals surface area contributed by atoms with Crippen LogP contribution >= 0.6 is 11.3 Å². The Bertz CT molecular complexity index is 775. The molecule has 0 fully saturated rings. The zero-order valence-electron chi connectivity index (χ0n) is 13.9. The molecule has 5 nitrogen and oxygen atoms in total. The second-order valence-corrected chi connectivity index (χ2v) is 8.81. The molecule has 0 atom stereocenters. The van der Waals surface area contributed by atoms with Gasteiger partial charge in [0.05, 0.1) is 0 Å². The SMILES string of the molecule is CN(CCCC(=O)NCCc1ccc(F)cc1)S(=O)(=O)c1cccs1. The predicted octanol–water partition coefficient (Wildman–Crippen LogP) is 2.65. The van der Waals surface area contributed by atoms with Gasteiger partial charge in [0, 0.05) is 26.6 Å². The lowest BCUT2D eigenvalue weighted by Crippen LogP contribution is -2.30. The van der Waals surface area contributed by atoms with Gasteiger partial charge in [0.1, 0.15) is 10.0 Å². The molecule has 0 aliphatic heterocycles. The van der Waals surface area contributed by atoms with Crippen LogP contribution in [0, 0.1) is 5.82 Å². The fourth-order valence-corrected chi connectivity index (χ4v) is 4.64. The van der Waals surface area contributed by atoms with Crippen LogP contribution in [0.3, 0.4) is 0 Å². The number of benzene rings is 1. The Hall–Kier alpha value is -1.77. The maximum absolute atomic E-state index is 12.8. The monoisotopic (exact) mass is 384 g/mol. The molecule has 0 spiro atoms. The highest BCUT2D eigenvalue weighted by Crippen LogP contribution is 2.19. The molecule has 1 amide bonds. The van der Waals surface area contributed by atoms with Crippen molar-refractivity contribution in [1.82, 2.24) is 9.62 Å². The van der Waals surface area contributed by atoms with E-state index < -0.39 is 10.0 Å². The van der Waals surface area contributed by atoms with Gasteiger partial charge in [-0.3, -0.25) is 4.79 Å². The zero-order chi connectivity index (χ0) is 18.3. The molecular weight excluding hydrogens is 363 g/mol. The second-order valence-electron chi connectivity index (χ2n) is 5.59. The van der Waals surface area contributed by atoms with Crippen LogP contribution < -0.4 is 5.32 Å². The number of hydrogen-bond acceptors (Lipinski definition) is 4. The van der Waals surface area contributed by atoms with E-state index in [-0.39, 0.29) is 24.7 Å². The summed E-state index contributed by atoms with van der Waals surface area (Å²) in [6, 6.07) is 9.42. The third-order valence-corrected chi connectivity index (χ3v) is 6.92. The minimum Gasteiger partial charge on any atom is -0.356 e. The molecule has 2 rings (SSSR count). The predicted molar refractivity (Wildman–Crippen MR) is 96.5 cm³/mol. The largest absolute Gasteiger partial charge is 0.356 e. The van der Waals surface area contributed by atoms with Crippen LogP contribution in [0.15, 0.2) is 46.0 Å². The summed E-state index contributed by atoms with van der Waals surface area (Å²) in [7, 11) is -1.95. The summed E-state index contributed by atoms with van der Waals surface area (Å²) in [4.78, 5) is 11.8. The molecule has 25 heavy (non-hydrogen) atoms. The molecule has 0 saturated carbocycles.